The fraction of sp³-hybridized carbons (Fsp3) is 0.292. The fourth-order valence-electron chi connectivity index (χ4n) is 3.78. The summed E-state index contributed by atoms with van der Waals surface area (Å²) in [5.74, 6) is 1.09. The molecule has 166 valence electrons. The van der Waals surface area contributed by atoms with Gasteiger partial charge in [-0.05, 0) is 67.7 Å². The maximum absolute atomic E-state index is 13.4. The number of halogens is 2. The third kappa shape index (κ3) is 6.02. The first-order valence-corrected chi connectivity index (χ1v) is 11.1. The number of hydrogen-bond acceptors (Lipinski definition) is 5. The second-order valence-electron chi connectivity index (χ2n) is 7.91. The summed E-state index contributed by atoms with van der Waals surface area (Å²) in [6, 6.07) is 13.7. The zero-order valence-electron chi connectivity index (χ0n) is 17.6. The molecule has 1 unspecified atom stereocenters. The molecule has 1 aliphatic heterocycles. The Kier molecular flexibility index (Phi) is 7.29. The highest BCUT2D eigenvalue weighted by Gasteiger charge is 2.17. The van der Waals surface area contributed by atoms with Crippen molar-refractivity contribution in [1.82, 2.24) is 15.3 Å². The van der Waals surface area contributed by atoms with Crippen LogP contribution in [-0.4, -0.2) is 29.0 Å². The Morgan fingerprint density at radius 1 is 1.19 bits per heavy atom. The Morgan fingerprint density at radius 3 is 2.88 bits per heavy atom. The molecule has 2 aromatic heterocycles. The van der Waals surface area contributed by atoms with E-state index in [4.69, 9.17) is 11.6 Å². The second kappa shape index (κ2) is 10.5. The minimum Gasteiger partial charge on any atom is -0.366 e. The van der Waals surface area contributed by atoms with E-state index in [0.29, 0.717) is 46.8 Å². The molecule has 6 nitrogen and oxygen atoms in total. The summed E-state index contributed by atoms with van der Waals surface area (Å²) in [6.07, 6.45) is 4.13. The highest BCUT2D eigenvalue weighted by molar-refractivity contribution is 6.33. The Morgan fingerprint density at radius 2 is 2.06 bits per heavy atom. The molecular formula is C24H25ClFN5O. The minimum atomic E-state index is -0.274. The molecule has 0 bridgehead atoms. The summed E-state index contributed by atoms with van der Waals surface area (Å²) >= 11 is 6.38. The number of amides is 1. The van der Waals surface area contributed by atoms with E-state index in [1.165, 1.54) is 18.3 Å². The fourth-order valence-corrected chi connectivity index (χ4v) is 3.98. The van der Waals surface area contributed by atoms with Crippen molar-refractivity contribution in [3.63, 3.8) is 0 Å². The van der Waals surface area contributed by atoms with Crippen LogP contribution in [0.15, 0.2) is 54.7 Å². The van der Waals surface area contributed by atoms with E-state index in [2.05, 4.69) is 25.9 Å². The number of nitrogens with zero attached hydrogens (tertiary/aromatic N) is 2. The van der Waals surface area contributed by atoms with Crippen LogP contribution in [0.1, 0.15) is 24.8 Å². The Hall–Kier alpha value is -3.03. The first-order chi connectivity index (χ1) is 15.6. The van der Waals surface area contributed by atoms with Gasteiger partial charge < -0.3 is 16.0 Å². The molecule has 1 atom stereocenters. The topological polar surface area (TPSA) is 78.9 Å². The quantitative estimate of drug-likeness (QED) is 0.475. The van der Waals surface area contributed by atoms with Crippen LogP contribution in [0, 0.1) is 11.7 Å². The largest absolute Gasteiger partial charge is 0.366 e. The molecule has 3 aromatic rings. The van der Waals surface area contributed by atoms with Gasteiger partial charge in [0.2, 0.25) is 5.91 Å². The Bertz CT molecular complexity index is 1090. The van der Waals surface area contributed by atoms with E-state index in [1.54, 1.807) is 12.1 Å². The summed E-state index contributed by atoms with van der Waals surface area (Å²) in [6.45, 7) is 2.32. The third-order valence-corrected chi connectivity index (χ3v) is 5.68. The van der Waals surface area contributed by atoms with E-state index in [1.807, 2.05) is 24.3 Å². The molecule has 1 aliphatic rings. The Balaban J connectivity index is 1.44. The summed E-state index contributed by atoms with van der Waals surface area (Å²) in [7, 11) is 0. The number of pyridine rings is 2. The summed E-state index contributed by atoms with van der Waals surface area (Å²) in [4.78, 5) is 21.3. The molecule has 0 spiro atoms. The van der Waals surface area contributed by atoms with Crippen LogP contribution in [0.5, 0.6) is 0 Å². The van der Waals surface area contributed by atoms with Crippen molar-refractivity contribution in [2.45, 2.75) is 25.8 Å². The van der Waals surface area contributed by atoms with E-state index in [9.17, 15) is 9.18 Å². The lowest BCUT2D eigenvalue weighted by Gasteiger charge is -2.22. The van der Waals surface area contributed by atoms with Crippen molar-refractivity contribution in [1.29, 1.82) is 0 Å². The molecule has 3 N–H and O–H groups in total. The van der Waals surface area contributed by atoms with Gasteiger partial charge in [0.15, 0.2) is 0 Å². The van der Waals surface area contributed by atoms with Gasteiger partial charge in [0.25, 0.3) is 0 Å². The zero-order chi connectivity index (χ0) is 22.3. The molecule has 1 amide bonds. The van der Waals surface area contributed by atoms with Crippen LogP contribution in [0.3, 0.4) is 0 Å². The van der Waals surface area contributed by atoms with Crippen molar-refractivity contribution in [2.75, 3.05) is 23.7 Å². The molecule has 1 fully saturated rings. The molecule has 0 saturated carbocycles. The number of piperidine rings is 1. The van der Waals surface area contributed by atoms with Gasteiger partial charge in [-0.15, -0.1) is 0 Å². The van der Waals surface area contributed by atoms with E-state index >= 15 is 0 Å². The van der Waals surface area contributed by atoms with Crippen LogP contribution < -0.4 is 16.0 Å². The normalized spacial score (nSPS) is 15.9. The van der Waals surface area contributed by atoms with E-state index < -0.39 is 0 Å². The van der Waals surface area contributed by atoms with Crippen molar-refractivity contribution in [2.24, 2.45) is 5.92 Å². The molecule has 1 saturated heterocycles. The average molecular weight is 454 g/mol. The minimum absolute atomic E-state index is 0.0575. The van der Waals surface area contributed by atoms with Crippen LogP contribution in [0.25, 0.3) is 11.3 Å². The lowest BCUT2D eigenvalue weighted by atomic mass is 9.96. The summed E-state index contributed by atoms with van der Waals surface area (Å²) in [5, 5.41) is 9.84. The molecule has 3 heterocycles. The standard InChI is InChI=1S/C24H25ClFN5O/c25-20-15-29-23(31-24(32)11-17-5-3-9-27-13-17)12-19(20)21-7-2-8-22(30-21)28-14-16-4-1-6-18(26)10-16/h1-2,4,6-8,10,12,15,17,27H,3,5,9,11,13-14H2,(H,28,30)(H,29,31,32). The van der Waals surface area contributed by atoms with Gasteiger partial charge in [-0.2, -0.15) is 0 Å². The van der Waals surface area contributed by atoms with Crippen LogP contribution in [-0.2, 0) is 11.3 Å². The smallest absolute Gasteiger partial charge is 0.225 e. The van der Waals surface area contributed by atoms with Gasteiger partial charge in [-0.25, -0.2) is 14.4 Å². The number of aromatic nitrogens is 2. The predicted molar refractivity (Wildman–Crippen MR) is 125 cm³/mol. The van der Waals surface area contributed by atoms with E-state index in [0.717, 1.165) is 31.5 Å². The predicted octanol–water partition coefficient (Wildman–Crippen LogP) is 4.88. The zero-order valence-corrected chi connectivity index (χ0v) is 18.3. The van der Waals surface area contributed by atoms with Gasteiger partial charge in [-0.3, -0.25) is 4.79 Å². The monoisotopic (exact) mass is 453 g/mol. The third-order valence-electron chi connectivity index (χ3n) is 5.38. The van der Waals surface area contributed by atoms with Crippen LogP contribution >= 0.6 is 11.6 Å². The van der Waals surface area contributed by atoms with E-state index in [-0.39, 0.29) is 11.7 Å². The molecule has 0 radical (unpaired) electrons. The lowest BCUT2D eigenvalue weighted by Crippen LogP contribution is -2.32. The molecule has 32 heavy (non-hydrogen) atoms. The van der Waals surface area contributed by atoms with Gasteiger partial charge in [0.1, 0.15) is 17.5 Å². The van der Waals surface area contributed by atoms with Gasteiger partial charge in [-0.1, -0.05) is 29.8 Å². The number of hydrogen-bond donors (Lipinski definition) is 3. The number of anilines is 2. The summed E-state index contributed by atoms with van der Waals surface area (Å²) in [5.41, 5.74) is 2.14. The number of rotatable bonds is 7. The lowest BCUT2D eigenvalue weighted by molar-refractivity contribution is -0.117. The number of nitrogens with one attached hydrogen (secondary N) is 3. The van der Waals surface area contributed by atoms with Crippen molar-refractivity contribution < 1.29 is 9.18 Å². The maximum Gasteiger partial charge on any atom is 0.225 e. The van der Waals surface area contributed by atoms with Gasteiger partial charge in [0.05, 0.1) is 10.7 Å². The van der Waals surface area contributed by atoms with Crippen LogP contribution in [0.2, 0.25) is 5.02 Å². The molecule has 4 rings (SSSR count). The number of carbonyl (C=O) groups excluding carboxylic acids is 1. The van der Waals surface area contributed by atoms with Crippen molar-refractivity contribution in [3.05, 3.63) is 71.1 Å². The number of benzene rings is 1. The highest BCUT2D eigenvalue weighted by atomic mass is 35.5. The highest BCUT2D eigenvalue weighted by Crippen LogP contribution is 2.29. The second-order valence-corrected chi connectivity index (χ2v) is 8.31. The molecule has 0 aliphatic carbocycles. The van der Waals surface area contributed by atoms with Crippen LogP contribution in [0.4, 0.5) is 16.0 Å². The average Bonchev–Trinajstić information content (AvgIpc) is 2.80. The maximum atomic E-state index is 13.4. The Labute approximate surface area is 191 Å². The van der Waals surface area contributed by atoms with Crippen molar-refractivity contribution >= 4 is 29.1 Å². The summed E-state index contributed by atoms with van der Waals surface area (Å²) < 4.78 is 13.4. The van der Waals surface area contributed by atoms with Gasteiger partial charge >= 0.3 is 0 Å². The molecule has 1 aromatic carbocycles. The van der Waals surface area contributed by atoms with Crippen molar-refractivity contribution in [3.8, 4) is 11.3 Å². The SMILES string of the molecule is O=C(CC1CCCNC1)Nc1cc(-c2cccc(NCc3cccc(F)c3)n2)c(Cl)cn1. The number of carbonyl (C=O) groups is 1. The molecule has 8 heteroatoms. The first-order valence-electron chi connectivity index (χ1n) is 10.7. The first kappa shape index (κ1) is 22.2. The molecular weight excluding hydrogens is 429 g/mol. The van der Waals surface area contributed by atoms with Gasteiger partial charge in [0, 0.05) is 24.7 Å².